The molecule has 0 bridgehead atoms. The number of ketones is 1. The molecule has 10 heteroatoms. The molecule has 172 valence electrons. The summed E-state index contributed by atoms with van der Waals surface area (Å²) in [5.74, 6) is -0.297. The van der Waals surface area contributed by atoms with Gasteiger partial charge in [-0.2, -0.15) is 4.31 Å². The number of ether oxygens (including phenoxy) is 4. The molecule has 1 aliphatic rings. The number of carbonyl (C=O) groups excluding carboxylic acids is 2. The van der Waals surface area contributed by atoms with Crippen molar-refractivity contribution in [2.75, 3.05) is 41.0 Å². The largest absolute Gasteiger partial charge is 0.495 e. The zero-order chi connectivity index (χ0) is 23.3. The van der Waals surface area contributed by atoms with Crippen molar-refractivity contribution in [3.63, 3.8) is 0 Å². The molecule has 0 aliphatic carbocycles. The quantitative estimate of drug-likeness (QED) is 0.412. The maximum Gasteiger partial charge on any atom is 0.338 e. The fraction of sp³-hybridized carbons (Fsp3) is 0.364. The molecule has 3 rings (SSSR count). The Morgan fingerprint density at radius 1 is 0.844 bits per heavy atom. The van der Waals surface area contributed by atoms with Gasteiger partial charge in [0, 0.05) is 18.7 Å². The molecule has 32 heavy (non-hydrogen) atoms. The standard InChI is InChI=1S/C22H25NO8S/c1-28-18-8-6-15(12-20(18)30-3)17(24)14-31-22(25)16-7-9-19(29-2)21(13-16)32(26,27)23-10-4-5-11-23/h6-9,12-13H,4-5,10-11,14H2,1-3H3. The van der Waals surface area contributed by atoms with Gasteiger partial charge in [-0.1, -0.05) is 0 Å². The van der Waals surface area contributed by atoms with E-state index in [4.69, 9.17) is 18.9 Å². The Kier molecular flexibility index (Phi) is 7.37. The fourth-order valence-electron chi connectivity index (χ4n) is 3.38. The topological polar surface area (TPSA) is 108 Å². The summed E-state index contributed by atoms with van der Waals surface area (Å²) in [5, 5.41) is 0. The second-order valence-electron chi connectivity index (χ2n) is 7.05. The molecule has 0 unspecified atom stereocenters. The third-order valence-electron chi connectivity index (χ3n) is 5.12. The van der Waals surface area contributed by atoms with Crippen molar-refractivity contribution in [1.29, 1.82) is 0 Å². The Morgan fingerprint density at radius 2 is 1.44 bits per heavy atom. The summed E-state index contributed by atoms with van der Waals surface area (Å²) < 4.78 is 47.9. The van der Waals surface area contributed by atoms with Crippen LogP contribution in [0.25, 0.3) is 0 Å². The number of nitrogens with zero attached hydrogens (tertiary/aromatic N) is 1. The van der Waals surface area contributed by atoms with E-state index in [1.807, 2.05) is 0 Å². The van der Waals surface area contributed by atoms with E-state index in [-0.39, 0.29) is 21.8 Å². The molecule has 2 aromatic rings. The molecule has 0 radical (unpaired) electrons. The van der Waals surface area contributed by atoms with Gasteiger partial charge in [-0.15, -0.1) is 0 Å². The second kappa shape index (κ2) is 10.0. The van der Waals surface area contributed by atoms with Crippen LogP contribution in [0, 0.1) is 0 Å². The Hall–Kier alpha value is -3.11. The molecule has 9 nitrogen and oxygen atoms in total. The summed E-state index contributed by atoms with van der Waals surface area (Å²) in [6, 6.07) is 8.61. The van der Waals surface area contributed by atoms with Gasteiger partial charge in [0.1, 0.15) is 10.6 Å². The first-order valence-electron chi connectivity index (χ1n) is 9.92. The highest BCUT2D eigenvalue weighted by molar-refractivity contribution is 7.89. The molecule has 1 aliphatic heterocycles. The molecular weight excluding hydrogens is 438 g/mol. The van der Waals surface area contributed by atoms with E-state index < -0.39 is 28.4 Å². The van der Waals surface area contributed by atoms with E-state index in [0.717, 1.165) is 12.8 Å². The molecule has 1 saturated heterocycles. The van der Waals surface area contributed by atoms with Crippen molar-refractivity contribution in [1.82, 2.24) is 4.31 Å². The minimum absolute atomic E-state index is 0.00341. The van der Waals surface area contributed by atoms with Gasteiger partial charge in [-0.3, -0.25) is 4.79 Å². The van der Waals surface area contributed by atoms with Gasteiger partial charge >= 0.3 is 5.97 Å². The smallest absolute Gasteiger partial charge is 0.338 e. The fourth-order valence-corrected chi connectivity index (χ4v) is 5.08. The van der Waals surface area contributed by atoms with Crippen LogP contribution in [0.5, 0.6) is 17.2 Å². The van der Waals surface area contributed by atoms with Crippen LogP contribution in [0.2, 0.25) is 0 Å². The van der Waals surface area contributed by atoms with E-state index in [9.17, 15) is 18.0 Å². The zero-order valence-corrected chi connectivity index (χ0v) is 18.9. The Labute approximate surface area is 186 Å². The highest BCUT2D eigenvalue weighted by Gasteiger charge is 2.31. The van der Waals surface area contributed by atoms with Gasteiger partial charge in [-0.25, -0.2) is 13.2 Å². The number of Topliss-reactive ketones (excluding diaryl/α,β-unsaturated/α-hetero) is 1. The van der Waals surface area contributed by atoms with Crippen molar-refractivity contribution in [3.05, 3.63) is 47.5 Å². The van der Waals surface area contributed by atoms with Gasteiger partial charge < -0.3 is 18.9 Å². The van der Waals surface area contributed by atoms with Gasteiger partial charge in [0.05, 0.1) is 26.9 Å². The Bertz CT molecular complexity index is 1110. The SMILES string of the molecule is COc1ccc(C(=O)COC(=O)c2ccc(OC)c(S(=O)(=O)N3CCCC3)c2)cc1OC. The molecular formula is C22H25NO8S. The number of rotatable bonds is 9. The van der Waals surface area contributed by atoms with Gasteiger partial charge in [-0.05, 0) is 49.2 Å². The normalized spacial score (nSPS) is 14.1. The van der Waals surface area contributed by atoms with Crippen LogP contribution in [0.3, 0.4) is 0 Å². The van der Waals surface area contributed by atoms with Crippen molar-refractivity contribution in [2.45, 2.75) is 17.7 Å². The lowest BCUT2D eigenvalue weighted by atomic mass is 10.1. The Morgan fingerprint density at radius 3 is 2.06 bits per heavy atom. The summed E-state index contributed by atoms with van der Waals surface area (Å²) in [6.07, 6.45) is 1.56. The molecule has 1 heterocycles. The van der Waals surface area contributed by atoms with E-state index in [1.54, 1.807) is 6.07 Å². The lowest BCUT2D eigenvalue weighted by Gasteiger charge is -2.18. The van der Waals surface area contributed by atoms with E-state index in [0.29, 0.717) is 24.6 Å². The third kappa shape index (κ3) is 4.86. The molecule has 0 spiro atoms. The highest BCUT2D eigenvalue weighted by atomic mass is 32.2. The van der Waals surface area contributed by atoms with E-state index in [2.05, 4.69) is 0 Å². The number of benzene rings is 2. The van der Waals surface area contributed by atoms with E-state index >= 15 is 0 Å². The average Bonchev–Trinajstić information content (AvgIpc) is 3.37. The second-order valence-corrected chi connectivity index (χ2v) is 8.95. The van der Waals surface area contributed by atoms with Crippen LogP contribution in [0.4, 0.5) is 0 Å². The summed E-state index contributed by atoms with van der Waals surface area (Å²) in [4.78, 5) is 24.9. The molecule has 2 aromatic carbocycles. The maximum absolute atomic E-state index is 13.0. The number of hydrogen-bond acceptors (Lipinski definition) is 8. The average molecular weight is 464 g/mol. The van der Waals surface area contributed by atoms with Gasteiger partial charge in [0.15, 0.2) is 23.9 Å². The first kappa shape index (κ1) is 23.6. The number of carbonyl (C=O) groups is 2. The molecule has 1 fully saturated rings. The third-order valence-corrected chi connectivity index (χ3v) is 7.04. The van der Waals surface area contributed by atoms with Gasteiger partial charge in [0.2, 0.25) is 10.0 Å². The molecule has 0 N–H and O–H groups in total. The predicted molar refractivity (Wildman–Crippen MR) is 115 cm³/mol. The zero-order valence-electron chi connectivity index (χ0n) is 18.1. The lowest BCUT2D eigenvalue weighted by molar-refractivity contribution is 0.0474. The summed E-state index contributed by atoms with van der Waals surface area (Å²) in [6.45, 7) is 0.314. The van der Waals surface area contributed by atoms with Crippen LogP contribution in [0.1, 0.15) is 33.6 Å². The first-order chi connectivity index (χ1) is 15.3. The maximum atomic E-state index is 13.0. The first-order valence-corrected chi connectivity index (χ1v) is 11.4. The molecule has 0 amide bonds. The number of methoxy groups -OCH3 is 3. The minimum Gasteiger partial charge on any atom is -0.495 e. The van der Waals surface area contributed by atoms with Crippen LogP contribution in [-0.4, -0.2) is 65.5 Å². The lowest BCUT2D eigenvalue weighted by Crippen LogP contribution is -2.28. The molecule has 0 saturated carbocycles. The molecule has 0 aromatic heterocycles. The van der Waals surface area contributed by atoms with E-state index in [1.165, 1.54) is 56.0 Å². The number of hydrogen-bond donors (Lipinski definition) is 0. The minimum atomic E-state index is -3.82. The van der Waals surface area contributed by atoms with Crippen molar-refractivity contribution in [3.8, 4) is 17.2 Å². The summed E-state index contributed by atoms with van der Waals surface area (Å²) in [5.41, 5.74) is 0.283. The van der Waals surface area contributed by atoms with Crippen molar-refractivity contribution >= 4 is 21.8 Å². The molecule has 0 atom stereocenters. The van der Waals surface area contributed by atoms with Crippen LogP contribution < -0.4 is 14.2 Å². The highest BCUT2D eigenvalue weighted by Crippen LogP contribution is 2.30. The predicted octanol–water partition coefficient (Wildman–Crippen LogP) is 2.54. The van der Waals surface area contributed by atoms with Crippen molar-refractivity contribution < 1.29 is 37.0 Å². The summed E-state index contributed by atoms with van der Waals surface area (Å²) >= 11 is 0. The van der Waals surface area contributed by atoms with Crippen molar-refractivity contribution in [2.24, 2.45) is 0 Å². The Balaban J connectivity index is 1.76. The number of sulfonamides is 1. The van der Waals surface area contributed by atoms with Crippen LogP contribution in [-0.2, 0) is 14.8 Å². The van der Waals surface area contributed by atoms with Gasteiger partial charge in [0.25, 0.3) is 0 Å². The number of esters is 1. The van der Waals surface area contributed by atoms with Crippen LogP contribution >= 0.6 is 0 Å². The van der Waals surface area contributed by atoms with Crippen LogP contribution in [0.15, 0.2) is 41.3 Å². The monoisotopic (exact) mass is 463 g/mol. The summed E-state index contributed by atoms with van der Waals surface area (Å²) in [7, 11) is 0.469.